The molecule has 10 heteroatoms. The van der Waals surface area contributed by atoms with Gasteiger partial charge in [-0.15, -0.1) is 0 Å². The molecule has 0 spiro atoms. The maximum Gasteiger partial charge on any atom is 0.294 e. The van der Waals surface area contributed by atoms with Crippen molar-refractivity contribution < 1.29 is 17.8 Å². The van der Waals surface area contributed by atoms with Gasteiger partial charge in [0.1, 0.15) is 0 Å². The van der Waals surface area contributed by atoms with Gasteiger partial charge in [-0.1, -0.05) is 18.2 Å². The number of hydrogen-bond acceptors (Lipinski definition) is 5. The summed E-state index contributed by atoms with van der Waals surface area (Å²) in [6, 6.07) is 14.1. The number of anilines is 1. The lowest BCUT2D eigenvalue weighted by Gasteiger charge is -2.10. The van der Waals surface area contributed by atoms with E-state index in [4.69, 9.17) is 4.55 Å². The van der Waals surface area contributed by atoms with Crippen molar-refractivity contribution in [2.75, 3.05) is 5.01 Å². The largest absolute Gasteiger partial charge is 0.295 e. The molecule has 9 nitrogen and oxygen atoms in total. The van der Waals surface area contributed by atoms with Crippen LogP contribution in [0.2, 0.25) is 0 Å². The van der Waals surface area contributed by atoms with Gasteiger partial charge in [-0.3, -0.25) is 19.2 Å². The number of carbonyl (C=O) groups excluding carboxylic acids is 1. The van der Waals surface area contributed by atoms with Crippen molar-refractivity contribution in [3.8, 4) is 5.69 Å². The lowest BCUT2D eigenvalue weighted by Crippen LogP contribution is -2.21. The van der Waals surface area contributed by atoms with E-state index in [0.717, 1.165) is 0 Å². The number of nitrogens with one attached hydrogen (secondary N) is 1. The summed E-state index contributed by atoms with van der Waals surface area (Å²) in [5.74, 6) is -0.340. The number of aromatic nitrogens is 2. The molecule has 2 heterocycles. The van der Waals surface area contributed by atoms with Crippen LogP contribution in [0.15, 0.2) is 75.0 Å². The first-order valence-electron chi connectivity index (χ1n) is 9.23. The van der Waals surface area contributed by atoms with Crippen molar-refractivity contribution in [2.45, 2.75) is 18.7 Å². The van der Waals surface area contributed by atoms with Crippen molar-refractivity contribution in [1.82, 2.24) is 9.78 Å². The summed E-state index contributed by atoms with van der Waals surface area (Å²) in [5.41, 5.74) is 2.18. The summed E-state index contributed by atoms with van der Waals surface area (Å²) in [4.78, 5) is 25.6. The molecule has 1 aliphatic heterocycles. The molecule has 0 aliphatic carbocycles. The van der Waals surface area contributed by atoms with Crippen LogP contribution in [0, 0.1) is 6.92 Å². The molecule has 0 bridgehead atoms. The molecule has 2 aromatic carbocycles. The number of amides is 1. The zero-order valence-electron chi connectivity index (χ0n) is 16.6. The average molecular weight is 438 g/mol. The monoisotopic (exact) mass is 438 g/mol. The number of aryl methyl sites for hydroxylation is 1. The third-order valence-electron chi connectivity index (χ3n) is 4.86. The van der Waals surface area contributed by atoms with Crippen LogP contribution in [0.5, 0.6) is 0 Å². The summed E-state index contributed by atoms with van der Waals surface area (Å²) in [7, 11) is -4.33. The average Bonchev–Trinajstić information content (AvgIpc) is 3.19. The summed E-state index contributed by atoms with van der Waals surface area (Å²) in [5, 5.41) is 8.51. The fourth-order valence-electron chi connectivity index (χ4n) is 3.25. The van der Waals surface area contributed by atoms with Crippen LogP contribution in [0.25, 0.3) is 11.8 Å². The molecule has 0 saturated heterocycles. The minimum absolute atomic E-state index is 0.278. The minimum atomic E-state index is -4.33. The highest BCUT2D eigenvalue weighted by atomic mass is 32.2. The van der Waals surface area contributed by atoms with Gasteiger partial charge >= 0.3 is 0 Å². The van der Waals surface area contributed by atoms with E-state index in [1.165, 1.54) is 40.0 Å². The van der Waals surface area contributed by atoms with Crippen molar-refractivity contribution in [3.05, 3.63) is 81.8 Å². The molecule has 2 N–H and O–H groups in total. The van der Waals surface area contributed by atoms with Crippen molar-refractivity contribution >= 4 is 33.5 Å². The van der Waals surface area contributed by atoms with Gasteiger partial charge in [0.25, 0.3) is 21.6 Å². The van der Waals surface area contributed by atoms with Crippen molar-refractivity contribution in [1.29, 1.82) is 0 Å². The van der Waals surface area contributed by atoms with Crippen LogP contribution in [-0.4, -0.2) is 34.4 Å². The van der Waals surface area contributed by atoms with E-state index in [-0.39, 0.29) is 16.4 Å². The third-order valence-corrected chi connectivity index (χ3v) is 5.73. The third kappa shape index (κ3) is 3.74. The van der Waals surface area contributed by atoms with Gasteiger partial charge < -0.3 is 0 Å². The predicted octanol–water partition coefficient (Wildman–Crippen LogP) is 2.53. The number of aromatic amines is 1. The Labute approximate surface area is 177 Å². The Morgan fingerprint density at radius 3 is 2.23 bits per heavy atom. The Bertz CT molecular complexity index is 1400. The molecule has 158 valence electrons. The van der Waals surface area contributed by atoms with Crippen LogP contribution in [-0.2, 0) is 14.9 Å². The molecular weight excluding hydrogens is 420 g/mol. The number of carbonyl (C=O) groups is 1. The lowest BCUT2D eigenvalue weighted by atomic mass is 10.1. The van der Waals surface area contributed by atoms with E-state index < -0.39 is 15.7 Å². The summed E-state index contributed by atoms with van der Waals surface area (Å²) in [6.45, 7) is 3.39. The quantitative estimate of drug-likeness (QED) is 0.478. The highest BCUT2D eigenvalue weighted by molar-refractivity contribution is 7.85. The highest BCUT2D eigenvalue weighted by Gasteiger charge is 2.29. The van der Waals surface area contributed by atoms with Gasteiger partial charge in [0.15, 0.2) is 0 Å². The molecule has 3 aromatic rings. The number of para-hydroxylation sites is 1. The van der Waals surface area contributed by atoms with Gasteiger partial charge in [0.05, 0.1) is 33.1 Å². The maximum absolute atomic E-state index is 13.0. The molecule has 31 heavy (non-hydrogen) atoms. The van der Waals surface area contributed by atoms with Crippen LogP contribution in [0.4, 0.5) is 5.69 Å². The van der Waals surface area contributed by atoms with Crippen LogP contribution in [0.1, 0.15) is 18.2 Å². The molecule has 4 rings (SSSR count). The van der Waals surface area contributed by atoms with Crippen LogP contribution >= 0.6 is 0 Å². The number of rotatable bonds is 4. The molecule has 1 aromatic heterocycles. The SMILES string of the molecule is CC1=NN(c2ccccc2)C(=O)/C1=C\c1c(C)[nH]n(-c2ccc(S(=O)(=O)O)cc2)c1=O. The summed E-state index contributed by atoms with van der Waals surface area (Å²) >= 11 is 0. The second kappa shape index (κ2) is 7.49. The normalized spacial score (nSPS) is 15.6. The lowest BCUT2D eigenvalue weighted by molar-refractivity contribution is -0.114. The Hall–Kier alpha value is -3.76. The van der Waals surface area contributed by atoms with Gasteiger partial charge in [-0.05, 0) is 56.3 Å². The minimum Gasteiger partial charge on any atom is -0.295 e. The zero-order valence-corrected chi connectivity index (χ0v) is 17.4. The number of hydrogen-bond donors (Lipinski definition) is 2. The molecule has 0 atom stereocenters. The summed E-state index contributed by atoms with van der Waals surface area (Å²) in [6.07, 6.45) is 1.50. The van der Waals surface area contributed by atoms with Crippen molar-refractivity contribution in [3.63, 3.8) is 0 Å². The fourth-order valence-corrected chi connectivity index (χ4v) is 3.73. The fraction of sp³-hybridized carbons (Fsp3) is 0.0952. The molecule has 0 fully saturated rings. The van der Waals surface area contributed by atoms with E-state index in [2.05, 4.69) is 10.2 Å². The van der Waals surface area contributed by atoms with E-state index in [1.54, 1.807) is 38.1 Å². The first-order chi connectivity index (χ1) is 14.7. The predicted molar refractivity (Wildman–Crippen MR) is 116 cm³/mol. The number of hydrazone groups is 1. The Morgan fingerprint density at radius 1 is 0.968 bits per heavy atom. The second-order valence-electron chi connectivity index (χ2n) is 6.96. The Balaban J connectivity index is 1.72. The second-order valence-corrected chi connectivity index (χ2v) is 8.38. The Kier molecular flexibility index (Phi) is 4.96. The van der Waals surface area contributed by atoms with Crippen LogP contribution < -0.4 is 10.6 Å². The molecule has 0 saturated carbocycles. The van der Waals surface area contributed by atoms with E-state index >= 15 is 0 Å². The molecule has 1 aliphatic rings. The number of H-pyrrole nitrogens is 1. The Morgan fingerprint density at radius 2 is 1.61 bits per heavy atom. The number of nitrogens with zero attached hydrogens (tertiary/aromatic N) is 3. The molecule has 1 amide bonds. The van der Waals surface area contributed by atoms with Crippen LogP contribution in [0.3, 0.4) is 0 Å². The highest BCUT2D eigenvalue weighted by Crippen LogP contribution is 2.24. The van der Waals surface area contributed by atoms with Gasteiger partial charge in [0, 0.05) is 5.69 Å². The van der Waals surface area contributed by atoms with Gasteiger partial charge in [-0.25, -0.2) is 4.68 Å². The van der Waals surface area contributed by atoms with E-state index in [1.807, 2.05) is 6.07 Å². The van der Waals surface area contributed by atoms with Gasteiger partial charge in [-0.2, -0.15) is 18.5 Å². The van der Waals surface area contributed by atoms with E-state index in [0.29, 0.717) is 28.4 Å². The first-order valence-corrected chi connectivity index (χ1v) is 10.7. The zero-order chi connectivity index (χ0) is 22.3. The van der Waals surface area contributed by atoms with Gasteiger partial charge in [0.2, 0.25) is 0 Å². The first kappa shape index (κ1) is 20.5. The molecule has 0 radical (unpaired) electrons. The molecule has 0 unspecified atom stereocenters. The smallest absolute Gasteiger partial charge is 0.294 e. The standard InChI is InChI=1S/C21H18N4O5S/c1-13-18(20(26)24(22-13)15-6-4-3-5-7-15)12-19-14(2)23-25(21(19)27)16-8-10-17(11-9-16)31(28,29)30/h3-12,23H,1-2H3,(H,28,29,30)/b18-12-. The van der Waals surface area contributed by atoms with Crippen molar-refractivity contribution in [2.24, 2.45) is 5.10 Å². The topological polar surface area (TPSA) is 125 Å². The maximum atomic E-state index is 13.0. The summed E-state index contributed by atoms with van der Waals surface area (Å²) < 4.78 is 32.8. The van der Waals surface area contributed by atoms with E-state index in [9.17, 15) is 18.0 Å². The number of benzene rings is 2. The molecular formula is C21H18N4O5S.